The van der Waals surface area contributed by atoms with Gasteiger partial charge in [0.15, 0.2) is 0 Å². The van der Waals surface area contributed by atoms with Crippen molar-refractivity contribution in [2.45, 2.75) is 13.8 Å². The van der Waals surface area contributed by atoms with Crippen molar-refractivity contribution in [3.05, 3.63) is 87.4 Å². The molecular weight excluding hydrogens is 419 g/mol. The van der Waals surface area contributed by atoms with Gasteiger partial charge < -0.3 is 5.32 Å². The summed E-state index contributed by atoms with van der Waals surface area (Å²) in [5.74, 6) is -0.269. The summed E-state index contributed by atoms with van der Waals surface area (Å²) in [5.41, 5.74) is 5.78. The van der Waals surface area contributed by atoms with E-state index in [-0.39, 0.29) is 5.91 Å². The topological polar surface area (TPSA) is 59.8 Å². The van der Waals surface area contributed by atoms with Crippen LogP contribution in [0.4, 0.5) is 5.69 Å². The second-order valence-electron chi connectivity index (χ2n) is 6.97. The summed E-state index contributed by atoms with van der Waals surface area (Å²) < 4.78 is 0. The number of hydrogen-bond donors (Lipinski definition) is 1. The molecule has 1 heterocycles. The molecule has 0 aliphatic rings. The summed E-state index contributed by atoms with van der Waals surface area (Å²) in [5, 5.41) is 13.0. The van der Waals surface area contributed by atoms with Crippen molar-refractivity contribution in [2.24, 2.45) is 0 Å². The molecule has 30 heavy (non-hydrogen) atoms. The lowest BCUT2D eigenvalue weighted by atomic mass is 10.1. The van der Waals surface area contributed by atoms with Gasteiger partial charge in [-0.25, -0.2) is 0 Å². The zero-order valence-electron chi connectivity index (χ0n) is 16.4. The molecule has 0 aliphatic heterocycles. The predicted octanol–water partition coefficient (Wildman–Crippen LogP) is 6.00. The third-order valence-corrected chi connectivity index (χ3v) is 5.19. The number of benzene rings is 3. The Kier molecular flexibility index (Phi) is 5.57. The number of aromatic nitrogens is 3. The fraction of sp³-hybridized carbons (Fsp3) is 0.0870. The van der Waals surface area contributed by atoms with Gasteiger partial charge in [0.1, 0.15) is 11.0 Å². The Bertz CT molecular complexity index is 1280. The lowest BCUT2D eigenvalue weighted by Gasteiger charge is -2.06. The molecule has 1 N–H and O–H groups in total. The van der Waals surface area contributed by atoms with Crippen molar-refractivity contribution >= 4 is 51.9 Å². The maximum Gasteiger partial charge on any atom is 0.248 e. The Morgan fingerprint density at radius 1 is 0.967 bits per heavy atom. The van der Waals surface area contributed by atoms with E-state index in [0.29, 0.717) is 26.8 Å². The average Bonchev–Trinajstić information content (AvgIpc) is 3.10. The van der Waals surface area contributed by atoms with Crippen LogP contribution in [0.15, 0.2) is 60.7 Å². The summed E-state index contributed by atoms with van der Waals surface area (Å²) in [6.07, 6.45) is 3.08. The van der Waals surface area contributed by atoms with Gasteiger partial charge in [0.25, 0.3) is 0 Å². The average molecular weight is 437 g/mol. The Morgan fingerprint density at radius 2 is 1.67 bits per heavy atom. The molecule has 0 fully saturated rings. The Hall–Kier alpha value is -3.15. The number of nitrogens with one attached hydrogen (secondary N) is 1. The van der Waals surface area contributed by atoms with Gasteiger partial charge in [0, 0.05) is 21.8 Å². The van der Waals surface area contributed by atoms with Crippen molar-refractivity contribution in [1.82, 2.24) is 15.0 Å². The number of nitrogens with zero attached hydrogens (tertiary/aromatic N) is 3. The maximum absolute atomic E-state index is 12.4. The molecule has 0 unspecified atom stereocenters. The minimum Gasteiger partial charge on any atom is -0.322 e. The molecule has 1 aromatic heterocycles. The zero-order chi connectivity index (χ0) is 21.3. The first-order valence-corrected chi connectivity index (χ1v) is 10.0. The van der Waals surface area contributed by atoms with Crippen LogP contribution in [0.3, 0.4) is 0 Å². The van der Waals surface area contributed by atoms with Crippen LogP contribution in [0.1, 0.15) is 16.7 Å². The van der Waals surface area contributed by atoms with E-state index in [1.165, 1.54) is 11.6 Å². The van der Waals surface area contributed by atoms with Gasteiger partial charge in [-0.3, -0.25) is 4.79 Å². The number of rotatable bonds is 4. The lowest BCUT2D eigenvalue weighted by Crippen LogP contribution is -2.09. The van der Waals surface area contributed by atoms with Crippen molar-refractivity contribution < 1.29 is 4.79 Å². The minimum atomic E-state index is -0.269. The molecular formula is C23H18Cl2N4O. The van der Waals surface area contributed by atoms with E-state index in [1.54, 1.807) is 29.1 Å². The molecule has 0 spiro atoms. The predicted molar refractivity (Wildman–Crippen MR) is 122 cm³/mol. The van der Waals surface area contributed by atoms with Crippen molar-refractivity contribution in [3.63, 3.8) is 0 Å². The molecule has 3 aromatic carbocycles. The van der Waals surface area contributed by atoms with Gasteiger partial charge in [-0.1, -0.05) is 47.0 Å². The Labute approximate surface area is 183 Å². The molecule has 0 bridgehead atoms. The first kappa shape index (κ1) is 20.1. The van der Waals surface area contributed by atoms with Crippen LogP contribution < -0.4 is 5.32 Å². The standard InChI is InChI=1S/C23H18Cl2N4O/c1-14-3-8-18(9-4-14)29-27-21-11-15(2)20(13-22(21)28-29)26-23(30)10-6-16-5-7-17(24)12-19(16)25/h3-13H,1-2H3,(H,26,30)/b10-6+. The third kappa shape index (κ3) is 4.37. The molecule has 0 aliphatic carbocycles. The number of aryl methyl sites for hydroxylation is 2. The maximum atomic E-state index is 12.4. The van der Waals surface area contributed by atoms with Crippen LogP contribution >= 0.6 is 23.2 Å². The molecule has 0 saturated carbocycles. The van der Waals surface area contributed by atoms with E-state index in [9.17, 15) is 4.79 Å². The number of amides is 1. The second-order valence-corrected chi connectivity index (χ2v) is 7.81. The molecule has 150 valence electrons. The first-order valence-electron chi connectivity index (χ1n) is 9.28. The third-order valence-electron chi connectivity index (χ3n) is 4.63. The largest absolute Gasteiger partial charge is 0.322 e. The van der Waals surface area contributed by atoms with Crippen molar-refractivity contribution in [1.29, 1.82) is 0 Å². The molecule has 7 heteroatoms. The van der Waals surface area contributed by atoms with Gasteiger partial charge in [0.05, 0.1) is 5.69 Å². The molecule has 4 rings (SSSR count). The van der Waals surface area contributed by atoms with Crippen LogP contribution in [0, 0.1) is 13.8 Å². The lowest BCUT2D eigenvalue weighted by molar-refractivity contribution is -0.111. The van der Waals surface area contributed by atoms with Crippen LogP contribution in [0.2, 0.25) is 10.0 Å². The molecule has 4 aromatic rings. The van der Waals surface area contributed by atoms with E-state index in [1.807, 2.05) is 50.2 Å². The Morgan fingerprint density at radius 3 is 2.37 bits per heavy atom. The van der Waals surface area contributed by atoms with Crippen LogP contribution in [0.25, 0.3) is 22.8 Å². The molecule has 1 amide bonds. The quantitative estimate of drug-likeness (QED) is 0.399. The number of fused-ring (bicyclic) bond motifs is 1. The highest BCUT2D eigenvalue weighted by atomic mass is 35.5. The number of carbonyl (C=O) groups is 1. The number of hydrogen-bond acceptors (Lipinski definition) is 3. The monoisotopic (exact) mass is 436 g/mol. The van der Waals surface area contributed by atoms with Gasteiger partial charge in [0.2, 0.25) is 5.91 Å². The van der Waals surface area contributed by atoms with E-state index >= 15 is 0 Å². The SMILES string of the molecule is Cc1ccc(-n2nc3cc(C)c(NC(=O)/C=C/c4ccc(Cl)cc4Cl)cc3n2)cc1. The van der Waals surface area contributed by atoms with Gasteiger partial charge in [-0.15, -0.1) is 10.2 Å². The summed E-state index contributed by atoms with van der Waals surface area (Å²) in [4.78, 5) is 14.0. The van der Waals surface area contributed by atoms with Crippen molar-refractivity contribution in [2.75, 3.05) is 5.32 Å². The molecule has 0 saturated heterocycles. The number of anilines is 1. The van der Waals surface area contributed by atoms with Crippen molar-refractivity contribution in [3.8, 4) is 5.69 Å². The fourth-order valence-electron chi connectivity index (χ4n) is 2.97. The number of halogens is 2. The zero-order valence-corrected chi connectivity index (χ0v) is 17.9. The van der Waals surface area contributed by atoms with Crippen LogP contribution in [0.5, 0.6) is 0 Å². The minimum absolute atomic E-state index is 0.269. The normalized spacial score (nSPS) is 11.3. The molecule has 0 atom stereocenters. The fourth-order valence-corrected chi connectivity index (χ4v) is 3.44. The van der Waals surface area contributed by atoms with E-state index in [0.717, 1.165) is 16.8 Å². The highest BCUT2D eigenvalue weighted by molar-refractivity contribution is 6.35. The Balaban J connectivity index is 1.56. The van der Waals surface area contributed by atoms with Gasteiger partial charge >= 0.3 is 0 Å². The summed E-state index contributed by atoms with van der Waals surface area (Å²) in [6, 6.07) is 16.8. The van der Waals surface area contributed by atoms with E-state index < -0.39 is 0 Å². The van der Waals surface area contributed by atoms with E-state index in [2.05, 4.69) is 15.5 Å². The highest BCUT2D eigenvalue weighted by Crippen LogP contribution is 2.24. The second kappa shape index (κ2) is 8.30. The molecule has 0 radical (unpaired) electrons. The number of carbonyl (C=O) groups excluding carboxylic acids is 1. The van der Waals surface area contributed by atoms with Crippen LogP contribution in [-0.4, -0.2) is 20.9 Å². The smallest absolute Gasteiger partial charge is 0.248 e. The van der Waals surface area contributed by atoms with E-state index in [4.69, 9.17) is 23.2 Å². The summed E-state index contributed by atoms with van der Waals surface area (Å²) >= 11 is 12.0. The molecule has 5 nitrogen and oxygen atoms in total. The van der Waals surface area contributed by atoms with Gasteiger partial charge in [-0.05, 0) is 67.4 Å². The summed E-state index contributed by atoms with van der Waals surface area (Å²) in [7, 11) is 0. The highest BCUT2D eigenvalue weighted by Gasteiger charge is 2.10. The first-order chi connectivity index (χ1) is 14.4. The van der Waals surface area contributed by atoms with Crippen LogP contribution in [-0.2, 0) is 4.79 Å². The summed E-state index contributed by atoms with van der Waals surface area (Å²) in [6.45, 7) is 3.95. The van der Waals surface area contributed by atoms with Gasteiger partial charge in [-0.2, -0.15) is 4.80 Å².